The topological polar surface area (TPSA) is 92.4 Å². The van der Waals surface area contributed by atoms with Crippen molar-refractivity contribution in [3.05, 3.63) is 0 Å². The van der Waals surface area contributed by atoms with E-state index in [-0.39, 0.29) is 11.9 Å². The molecule has 0 fully saturated rings. The maximum Gasteiger partial charge on any atom is 0.490 e. The van der Waals surface area contributed by atoms with Gasteiger partial charge >= 0.3 is 12.1 Å². The number of likely N-dealkylation sites (N-methyl/N-ethyl adjacent to an activating group) is 1. The van der Waals surface area contributed by atoms with Crippen LogP contribution in [-0.4, -0.2) is 36.2 Å². The molecule has 15 heavy (non-hydrogen) atoms. The lowest BCUT2D eigenvalue weighted by atomic mass is 10.2. The van der Waals surface area contributed by atoms with Gasteiger partial charge in [-0.2, -0.15) is 13.2 Å². The molecule has 1 unspecified atom stereocenters. The first-order chi connectivity index (χ1) is 6.66. The normalized spacial score (nSPS) is 12.3. The minimum atomic E-state index is -5.08. The summed E-state index contributed by atoms with van der Waals surface area (Å²) in [7, 11) is 1.72. The molecule has 0 aromatic carbocycles. The molecule has 1 atom stereocenters. The maximum absolute atomic E-state index is 10.6. The zero-order valence-corrected chi connectivity index (χ0v) is 8.26. The lowest BCUT2D eigenvalue weighted by molar-refractivity contribution is -0.192. The summed E-state index contributed by atoms with van der Waals surface area (Å²) in [5.41, 5.74) is 4.96. The van der Waals surface area contributed by atoms with Crippen molar-refractivity contribution < 1.29 is 27.9 Å². The molecule has 0 aliphatic carbocycles. The van der Waals surface area contributed by atoms with E-state index >= 15 is 0 Å². The van der Waals surface area contributed by atoms with Gasteiger partial charge in [0.05, 0.1) is 6.04 Å². The number of hydrogen-bond acceptors (Lipinski definition) is 3. The second-order valence-corrected chi connectivity index (χ2v) is 2.45. The van der Waals surface area contributed by atoms with Crippen molar-refractivity contribution in [3.8, 4) is 0 Å². The Morgan fingerprint density at radius 1 is 1.47 bits per heavy atom. The van der Waals surface area contributed by atoms with E-state index in [0.717, 1.165) is 6.42 Å². The van der Waals surface area contributed by atoms with Gasteiger partial charge in [-0.15, -0.1) is 0 Å². The van der Waals surface area contributed by atoms with Crippen molar-refractivity contribution in [2.24, 2.45) is 5.73 Å². The zero-order chi connectivity index (χ0) is 12.6. The van der Waals surface area contributed by atoms with E-state index in [1.165, 1.54) is 0 Å². The Labute approximate surface area is 84.4 Å². The van der Waals surface area contributed by atoms with Gasteiger partial charge in [-0.1, -0.05) is 6.92 Å². The van der Waals surface area contributed by atoms with Crippen LogP contribution in [-0.2, 0) is 9.59 Å². The van der Waals surface area contributed by atoms with Crippen LogP contribution in [0.1, 0.15) is 13.3 Å². The molecule has 0 aromatic rings. The summed E-state index contributed by atoms with van der Waals surface area (Å²) >= 11 is 0. The monoisotopic (exact) mass is 230 g/mol. The molecule has 0 saturated carbocycles. The summed E-state index contributed by atoms with van der Waals surface area (Å²) in [6, 6.07) is -0.157. The second kappa shape index (κ2) is 7.04. The van der Waals surface area contributed by atoms with Crippen molar-refractivity contribution >= 4 is 11.9 Å². The lowest BCUT2D eigenvalue weighted by Crippen LogP contribution is -2.38. The first kappa shape index (κ1) is 16.1. The van der Waals surface area contributed by atoms with Crippen LogP contribution in [0.15, 0.2) is 0 Å². The Balaban J connectivity index is 0. The van der Waals surface area contributed by atoms with Crippen molar-refractivity contribution in [1.29, 1.82) is 0 Å². The molecule has 0 heterocycles. The Morgan fingerprint density at radius 3 is 1.80 bits per heavy atom. The summed E-state index contributed by atoms with van der Waals surface area (Å²) in [5.74, 6) is -3.04. The smallest absolute Gasteiger partial charge is 0.475 e. The van der Waals surface area contributed by atoms with Crippen molar-refractivity contribution in [2.45, 2.75) is 25.6 Å². The van der Waals surface area contributed by atoms with E-state index < -0.39 is 12.1 Å². The number of carboxylic acid groups (broad SMARTS) is 1. The Morgan fingerprint density at radius 2 is 1.80 bits per heavy atom. The van der Waals surface area contributed by atoms with Gasteiger partial charge in [0.1, 0.15) is 0 Å². The molecule has 0 rings (SSSR count). The third-order valence-corrected chi connectivity index (χ3v) is 1.34. The molecular formula is C7H13F3N2O3. The minimum Gasteiger partial charge on any atom is -0.475 e. The number of nitrogens with two attached hydrogens (primary N) is 1. The predicted octanol–water partition coefficient (Wildman–Crippen LogP) is 0.103. The standard InChI is InChI=1S/C5H12N2O.C2HF3O2/c1-3-4(7-2)5(6)8;3-2(4,5)1(6)7/h4,7H,3H2,1-2H3,(H2,6,8);(H,6,7). The number of primary amides is 1. The highest BCUT2D eigenvalue weighted by Crippen LogP contribution is 2.13. The van der Waals surface area contributed by atoms with Crippen molar-refractivity contribution in [1.82, 2.24) is 5.32 Å². The number of hydrogen-bond donors (Lipinski definition) is 3. The average molecular weight is 230 g/mol. The van der Waals surface area contributed by atoms with E-state index in [2.05, 4.69) is 5.32 Å². The summed E-state index contributed by atoms with van der Waals surface area (Å²) in [6.45, 7) is 1.91. The minimum absolute atomic E-state index is 0.157. The van der Waals surface area contributed by atoms with Crippen molar-refractivity contribution in [3.63, 3.8) is 0 Å². The molecule has 0 radical (unpaired) electrons. The largest absolute Gasteiger partial charge is 0.490 e. The number of carbonyl (C=O) groups excluding carboxylic acids is 1. The van der Waals surface area contributed by atoms with Crippen molar-refractivity contribution in [2.75, 3.05) is 7.05 Å². The molecular weight excluding hydrogens is 217 g/mol. The van der Waals surface area contributed by atoms with Crippen LogP contribution < -0.4 is 11.1 Å². The van der Waals surface area contributed by atoms with Gasteiger partial charge in [0.2, 0.25) is 5.91 Å². The summed E-state index contributed by atoms with van der Waals surface area (Å²) in [5, 5.41) is 9.90. The fourth-order valence-electron chi connectivity index (χ4n) is 0.548. The van der Waals surface area contributed by atoms with Gasteiger partial charge in [-0.05, 0) is 13.5 Å². The average Bonchev–Trinajstić information content (AvgIpc) is 2.04. The van der Waals surface area contributed by atoms with E-state index in [1.807, 2.05) is 6.92 Å². The van der Waals surface area contributed by atoms with Gasteiger partial charge in [0.15, 0.2) is 0 Å². The Kier molecular flexibility index (Phi) is 7.58. The predicted molar refractivity (Wildman–Crippen MR) is 46.0 cm³/mol. The van der Waals surface area contributed by atoms with Gasteiger partial charge < -0.3 is 16.2 Å². The molecule has 0 aromatic heterocycles. The fraction of sp³-hybridized carbons (Fsp3) is 0.714. The number of alkyl halides is 3. The highest BCUT2D eigenvalue weighted by Gasteiger charge is 2.38. The molecule has 4 N–H and O–H groups in total. The Hall–Kier alpha value is -1.31. The number of nitrogens with one attached hydrogen (secondary N) is 1. The van der Waals surface area contributed by atoms with E-state index in [1.54, 1.807) is 7.05 Å². The van der Waals surface area contributed by atoms with Crippen LogP contribution in [0.5, 0.6) is 0 Å². The highest BCUT2D eigenvalue weighted by molar-refractivity contribution is 5.79. The maximum atomic E-state index is 10.6. The van der Waals surface area contributed by atoms with Gasteiger partial charge in [0.25, 0.3) is 0 Å². The molecule has 0 aliphatic heterocycles. The number of aliphatic carboxylic acids is 1. The van der Waals surface area contributed by atoms with Gasteiger partial charge in [-0.25, -0.2) is 4.79 Å². The molecule has 0 bridgehead atoms. The first-order valence-corrected chi connectivity index (χ1v) is 3.93. The van der Waals surface area contributed by atoms with Gasteiger partial charge in [-0.3, -0.25) is 4.79 Å². The third kappa shape index (κ3) is 9.01. The number of amides is 1. The fourth-order valence-corrected chi connectivity index (χ4v) is 0.548. The van der Waals surface area contributed by atoms with Crippen LogP contribution in [0.4, 0.5) is 13.2 Å². The van der Waals surface area contributed by atoms with E-state index in [9.17, 15) is 18.0 Å². The molecule has 1 amide bonds. The Bertz CT molecular complexity index is 214. The van der Waals surface area contributed by atoms with Crippen LogP contribution in [0.3, 0.4) is 0 Å². The van der Waals surface area contributed by atoms with E-state index in [0.29, 0.717) is 0 Å². The molecule has 90 valence electrons. The summed E-state index contributed by atoms with van der Waals surface area (Å²) < 4.78 is 31.7. The molecule has 0 aliphatic rings. The number of carboxylic acids is 1. The second-order valence-electron chi connectivity index (χ2n) is 2.45. The van der Waals surface area contributed by atoms with Crippen LogP contribution >= 0.6 is 0 Å². The number of halogens is 3. The van der Waals surface area contributed by atoms with E-state index in [4.69, 9.17) is 15.6 Å². The molecule has 0 saturated heterocycles. The molecule has 8 heteroatoms. The summed E-state index contributed by atoms with van der Waals surface area (Å²) in [6.07, 6.45) is -4.33. The van der Waals surface area contributed by atoms with Crippen LogP contribution in [0.25, 0.3) is 0 Å². The highest BCUT2D eigenvalue weighted by atomic mass is 19.4. The number of rotatable bonds is 3. The van der Waals surface area contributed by atoms with Crippen LogP contribution in [0, 0.1) is 0 Å². The molecule has 5 nitrogen and oxygen atoms in total. The van der Waals surface area contributed by atoms with Gasteiger partial charge in [0, 0.05) is 0 Å². The quantitative estimate of drug-likeness (QED) is 0.641. The first-order valence-electron chi connectivity index (χ1n) is 3.93. The number of carbonyl (C=O) groups is 2. The third-order valence-electron chi connectivity index (χ3n) is 1.34. The van der Waals surface area contributed by atoms with Crippen LogP contribution in [0.2, 0.25) is 0 Å². The summed E-state index contributed by atoms with van der Waals surface area (Å²) in [4.78, 5) is 19.2. The lowest BCUT2D eigenvalue weighted by Gasteiger charge is -2.06. The molecule has 0 spiro atoms. The SMILES string of the molecule is CCC(NC)C(N)=O.O=C(O)C(F)(F)F. The zero-order valence-electron chi connectivity index (χ0n) is 8.26.